The number of aliphatic carboxylic acids is 3. The van der Waals surface area contributed by atoms with Crippen molar-refractivity contribution in [2.45, 2.75) is 239 Å². The van der Waals surface area contributed by atoms with Crippen LogP contribution in [0.3, 0.4) is 0 Å². The molecule has 0 spiro atoms. The molecule has 0 amide bonds. The molecule has 0 fully saturated rings. The van der Waals surface area contributed by atoms with Crippen molar-refractivity contribution in [1.82, 2.24) is 0 Å². The van der Waals surface area contributed by atoms with E-state index >= 15 is 0 Å². The molecule has 0 saturated carbocycles. The van der Waals surface area contributed by atoms with Gasteiger partial charge in [0.15, 0.2) is 23.1 Å². The smallest absolute Gasteiger partial charge is 0.340 e. The quantitative estimate of drug-likeness (QED) is 0.0338. The molecule has 0 unspecified atom stereocenters. The van der Waals surface area contributed by atoms with Gasteiger partial charge in [-0.2, -0.15) is 0 Å². The minimum absolute atomic E-state index is 0.0401. The van der Waals surface area contributed by atoms with Crippen LogP contribution in [0.4, 0.5) is 0 Å². The van der Waals surface area contributed by atoms with Gasteiger partial charge in [0.25, 0.3) is 0 Å². The molecule has 0 radical (unpaired) electrons. The number of hydrogen-bond donors (Lipinski definition) is 4. The van der Waals surface area contributed by atoms with Gasteiger partial charge in [-0.05, 0) is 25.7 Å². The number of carbonyl (C=O) groups excluding carboxylic acids is 4. The molecular weight excluding hydrogens is 728 g/mol. The molecule has 57 heavy (non-hydrogen) atoms. The maximum Gasteiger partial charge on any atom is 0.340 e. The van der Waals surface area contributed by atoms with E-state index in [-0.39, 0.29) is 25.7 Å². The van der Waals surface area contributed by atoms with Gasteiger partial charge in [0.05, 0.1) is 0 Å². The van der Waals surface area contributed by atoms with E-state index in [1.54, 1.807) is 0 Å². The van der Waals surface area contributed by atoms with Crippen LogP contribution in [0.1, 0.15) is 233 Å². The monoisotopic (exact) mass is 809 g/mol. The van der Waals surface area contributed by atoms with E-state index in [1.807, 2.05) is 0 Å². The number of carbonyl (C=O) groups is 7. The fourth-order valence-electron chi connectivity index (χ4n) is 8.23. The highest BCUT2D eigenvalue weighted by atomic mass is 16.4. The molecule has 11 nitrogen and oxygen atoms in total. The van der Waals surface area contributed by atoms with Crippen molar-refractivity contribution >= 4 is 41.0 Å². The highest BCUT2D eigenvalue weighted by Crippen LogP contribution is 2.51. The van der Waals surface area contributed by atoms with Gasteiger partial charge in [-0.25, -0.2) is 4.79 Å². The maximum atomic E-state index is 14.5. The van der Waals surface area contributed by atoms with Crippen LogP contribution in [0, 0.1) is 10.8 Å². The van der Waals surface area contributed by atoms with Crippen molar-refractivity contribution in [1.29, 1.82) is 0 Å². The SMILES string of the molecule is CCCCCCCCCC(=O)C(C(=O)O)(C(=O)CCCCCCCCC)C(O)(C(=O)O)C(C(=O)O)(C(=O)CCCCCCCCC)C(=O)CCCCCCCCC. The van der Waals surface area contributed by atoms with Crippen LogP contribution in [0.2, 0.25) is 0 Å². The first-order valence-corrected chi connectivity index (χ1v) is 22.8. The second-order valence-electron chi connectivity index (χ2n) is 16.3. The zero-order valence-corrected chi connectivity index (χ0v) is 36.3. The third-order valence-electron chi connectivity index (χ3n) is 11.7. The maximum absolute atomic E-state index is 14.5. The van der Waals surface area contributed by atoms with Crippen LogP contribution in [0.15, 0.2) is 0 Å². The number of Topliss-reactive ketones (excluding diaryl/α,β-unsaturated/α-hetero) is 4. The molecule has 0 aromatic rings. The van der Waals surface area contributed by atoms with E-state index in [4.69, 9.17) is 0 Å². The molecule has 0 bridgehead atoms. The van der Waals surface area contributed by atoms with Gasteiger partial charge >= 0.3 is 17.9 Å². The number of hydrogen-bond acceptors (Lipinski definition) is 8. The summed E-state index contributed by atoms with van der Waals surface area (Å²) in [5.74, 6) is -13.3. The number of rotatable bonds is 41. The van der Waals surface area contributed by atoms with Gasteiger partial charge in [-0.3, -0.25) is 28.8 Å². The zero-order chi connectivity index (χ0) is 43.2. The molecule has 4 N–H and O–H groups in total. The lowest BCUT2D eigenvalue weighted by Gasteiger charge is -2.47. The summed E-state index contributed by atoms with van der Waals surface area (Å²) in [5.41, 5.74) is -12.3. The van der Waals surface area contributed by atoms with Crippen LogP contribution in [-0.2, 0) is 33.6 Å². The molecule has 0 aliphatic heterocycles. The summed E-state index contributed by atoms with van der Waals surface area (Å²) in [4.78, 5) is 99.0. The summed E-state index contributed by atoms with van der Waals surface area (Å²) in [5, 5.41) is 45.7. The molecule has 0 aliphatic carbocycles. The topological polar surface area (TPSA) is 200 Å². The summed E-state index contributed by atoms with van der Waals surface area (Å²) >= 11 is 0. The number of carboxylic acids is 3. The van der Waals surface area contributed by atoms with E-state index in [2.05, 4.69) is 27.7 Å². The predicted molar refractivity (Wildman–Crippen MR) is 223 cm³/mol. The number of ketones is 4. The van der Waals surface area contributed by atoms with Crippen LogP contribution in [0.25, 0.3) is 0 Å². The Kier molecular flexibility index (Phi) is 29.4. The average molecular weight is 809 g/mol. The van der Waals surface area contributed by atoms with Gasteiger partial charge in [0.1, 0.15) is 0 Å². The van der Waals surface area contributed by atoms with Crippen molar-refractivity contribution in [3.05, 3.63) is 0 Å². The Hall–Kier alpha value is -2.95. The predicted octanol–water partition coefficient (Wildman–Crippen LogP) is 10.8. The third kappa shape index (κ3) is 16.0. The summed E-state index contributed by atoms with van der Waals surface area (Å²) in [6, 6.07) is 0. The fraction of sp³-hybridized carbons (Fsp3) is 0.848. The molecule has 330 valence electrons. The summed E-state index contributed by atoms with van der Waals surface area (Å²) in [6.45, 7) is 8.25. The normalized spacial score (nSPS) is 12.1. The second kappa shape index (κ2) is 31.0. The molecule has 0 aliphatic rings. The van der Waals surface area contributed by atoms with Gasteiger partial charge < -0.3 is 20.4 Å². The Bertz CT molecular complexity index is 1060. The molecule has 0 heterocycles. The number of aliphatic hydroxyl groups is 1. The van der Waals surface area contributed by atoms with Gasteiger partial charge in [-0.15, -0.1) is 0 Å². The van der Waals surface area contributed by atoms with Crippen molar-refractivity contribution in [2.24, 2.45) is 10.8 Å². The first-order valence-electron chi connectivity index (χ1n) is 22.8. The minimum Gasteiger partial charge on any atom is -0.480 e. The number of carboxylic acid groups (broad SMARTS) is 3. The van der Waals surface area contributed by atoms with Crippen LogP contribution < -0.4 is 0 Å². The lowest BCUT2D eigenvalue weighted by Crippen LogP contribution is -2.78. The Balaban J connectivity index is 7.37. The molecule has 0 rings (SSSR count). The zero-order valence-electron chi connectivity index (χ0n) is 36.3. The molecular formula is C46H80O11. The van der Waals surface area contributed by atoms with Crippen LogP contribution in [-0.4, -0.2) is 67.1 Å². The van der Waals surface area contributed by atoms with Crippen molar-refractivity contribution < 1.29 is 54.0 Å². The second-order valence-corrected chi connectivity index (χ2v) is 16.3. The fourth-order valence-corrected chi connectivity index (χ4v) is 8.23. The molecule has 0 aromatic carbocycles. The molecule has 0 aromatic heterocycles. The van der Waals surface area contributed by atoms with Crippen molar-refractivity contribution in [3.8, 4) is 0 Å². The van der Waals surface area contributed by atoms with Crippen molar-refractivity contribution in [2.75, 3.05) is 0 Å². The minimum atomic E-state index is -4.45. The van der Waals surface area contributed by atoms with Gasteiger partial charge in [0, 0.05) is 25.7 Å². The third-order valence-corrected chi connectivity index (χ3v) is 11.7. The van der Waals surface area contributed by atoms with E-state index in [1.165, 1.54) is 0 Å². The highest BCUT2D eigenvalue weighted by molar-refractivity contribution is 6.33. The summed E-state index contributed by atoms with van der Waals surface area (Å²) < 4.78 is 0. The van der Waals surface area contributed by atoms with Gasteiger partial charge in [0.2, 0.25) is 16.4 Å². The van der Waals surface area contributed by atoms with E-state index in [0.717, 1.165) is 103 Å². The first-order chi connectivity index (χ1) is 27.3. The highest BCUT2D eigenvalue weighted by Gasteiger charge is 2.83. The van der Waals surface area contributed by atoms with Crippen LogP contribution in [0.5, 0.6) is 0 Å². The lowest BCUT2D eigenvalue weighted by atomic mass is 9.50. The Morgan fingerprint density at radius 2 is 0.474 bits per heavy atom. The average Bonchev–Trinajstić information content (AvgIpc) is 3.16. The lowest BCUT2D eigenvalue weighted by molar-refractivity contribution is -0.217. The first kappa shape index (κ1) is 54.0. The van der Waals surface area contributed by atoms with Crippen LogP contribution >= 0.6 is 0 Å². The molecule has 0 atom stereocenters. The van der Waals surface area contributed by atoms with E-state index in [0.29, 0.717) is 51.4 Å². The summed E-state index contributed by atoms with van der Waals surface area (Å²) in [7, 11) is 0. The van der Waals surface area contributed by atoms with E-state index < -0.39 is 83.2 Å². The van der Waals surface area contributed by atoms with Crippen molar-refractivity contribution in [3.63, 3.8) is 0 Å². The molecule has 0 saturated heterocycles. The summed E-state index contributed by atoms with van der Waals surface area (Å²) in [6.07, 6.45) is 17.2. The van der Waals surface area contributed by atoms with Gasteiger partial charge in [-0.1, -0.05) is 182 Å². The van der Waals surface area contributed by atoms with E-state index in [9.17, 15) is 54.0 Å². The largest absolute Gasteiger partial charge is 0.480 e. The Morgan fingerprint density at radius 3 is 0.632 bits per heavy atom. The number of unbranched alkanes of at least 4 members (excludes halogenated alkanes) is 24. The Labute approximate surface area is 343 Å². The molecule has 11 heteroatoms. The standard InChI is InChI=1S/C46H80O11/c1-5-9-13-17-21-25-29-33-37(47)44(41(51)52,38(48)34-30-26-22-18-14-10-6-2)46(57,43(55)56)45(42(53)54,39(49)35-31-27-23-19-15-11-7-3)40(50)36-32-28-24-20-16-12-8-4/h57H,5-36H2,1-4H3,(H,51,52)(H,53,54)(H,55,56). The Morgan fingerprint density at radius 1 is 0.298 bits per heavy atom.